The van der Waals surface area contributed by atoms with Gasteiger partial charge in [0, 0.05) is 0 Å². The van der Waals surface area contributed by atoms with Crippen LogP contribution in [-0.2, 0) is 0 Å². The number of aromatic hydroxyl groups is 1. The van der Waals surface area contributed by atoms with Gasteiger partial charge in [-0.05, 0) is 24.8 Å². The van der Waals surface area contributed by atoms with Crippen molar-refractivity contribution in [2.45, 2.75) is 24.7 Å². The van der Waals surface area contributed by atoms with E-state index in [0.717, 1.165) is 23.5 Å². The number of phenols is 1. The van der Waals surface area contributed by atoms with Crippen molar-refractivity contribution >= 4 is 11.8 Å². The second-order valence-corrected chi connectivity index (χ2v) is 3.83. The molecule has 0 heterocycles. The van der Waals surface area contributed by atoms with E-state index in [1.54, 1.807) is 12.1 Å². The predicted octanol–water partition coefficient (Wildman–Crippen LogP) is 3.29. The summed E-state index contributed by atoms with van der Waals surface area (Å²) in [5.74, 6) is 1.08. The summed E-state index contributed by atoms with van der Waals surface area (Å²) < 4.78 is 5.57. The first-order valence-electron chi connectivity index (χ1n) is 4.78. The third-order valence-corrected chi connectivity index (χ3v) is 2.74. The molecule has 0 unspecified atom stereocenters. The Hall–Kier alpha value is -0.830. The summed E-state index contributed by atoms with van der Waals surface area (Å²) >= 11 is 1.51. The van der Waals surface area contributed by atoms with E-state index in [9.17, 15) is 5.11 Å². The molecule has 0 atom stereocenters. The van der Waals surface area contributed by atoms with Crippen LogP contribution in [0.2, 0.25) is 0 Å². The zero-order valence-corrected chi connectivity index (χ0v) is 9.43. The Balaban J connectivity index is 2.70. The minimum Gasteiger partial charge on any atom is -0.507 e. The number of phenolic OH excluding ortho intramolecular Hbond substituents is 1. The Kier molecular flexibility index (Phi) is 4.66. The van der Waals surface area contributed by atoms with Crippen LogP contribution in [0.15, 0.2) is 23.1 Å². The molecule has 0 saturated heterocycles. The van der Waals surface area contributed by atoms with E-state index in [1.807, 2.05) is 12.3 Å². The molecule has 78 valence electrons. The highest BCUT2D eigenvalue weighted by Gasteiger charge is 2.06. The standard InChI is InChI=1S/C11H16O2S/c1-3-4-8-13-10-7-5-6-9(12)11(10)14-2/h5-7,12H,3-4,8H2,1-2H3. The molecular weight excluding hydrogens is 196 g/mol. The highest BCUT2D eigenvalue weighted by Crippen LogP contribution is 2.35. The fraction of sp³-hybridized carbons (Fsp3) is 0.455. The zero-order chi connectivity index (χ0) is 10.4. The van der Waals surface area contributed by atoms with Crippen LogP contribution in [0.1, 0.15) is 19.8 Å². The van der Waals surface area contributed by atoms with Gasteiger partial charge >= 0.3 is 0 Å². The molecule has 0 aliphatic rings. The first kappa shape index (κ1) is 11.2. The Morgan fingerprint density at radius 1 is 1.43 bits per heavy atom. The van der Waals surface area contributed by atoms with Gasteiger partial charge in [0.25, 0.3) is 0 Å². The first-order chi connectivity index (χ1) is 6.79. The van der Waals surface area contributed by atoms with Crippen molar-refractivity contribution in [1.82, 2.24) is 0 Å². The highest BCUT2D eigenvalue weighted by molar-refractivity contribution is 7.98. The van der Waals surface area contributed by atoms with Gasteiger partial charge in [-0.25, -0.2) is 0 Å². The topological polar surface area (TPSA) is 29.5 Å². The lowest BCUT2D eigenvalue weighted by Crippen LogP contribution is -1.97. The van der Waals surface area contributed by atoms with Gasteiger partial charge in [0.1, 0.15) is 11.5 Å². The Labute approximate surface area is 89.3 Å². The second kappa shape index (κ2) is 5.81. The molecule has 14 heavy (non-hydrogen) atoms. The van der Waals surface area contributed by atoms with E-state index in [4.69, 9.17) is 4.74 Å². The molecule has 0 bridgehead atoms. The van der Waals surface area contributed by atoms with Crippen LogP contribution in [0.4, 0.5) is 0 Å². The highest BCUT2D eigenvalue weighted by atomic mass is 32.2. The third kappa shape index (κ3) is 2.84. The van der Waals surface area contributed by atoms with Gasteiger partial charge in [-0.2, -0.15) is 0 Å². The van der Waals surface area contributed by atoms with Crippen LogP contribution >= 0.6 is 11.8 Å². The maximum absolute atomic E-state index is 9.55. The molecule has 2 nitrogen and oxygen atoms in total. The smallest absolute Gasteiger partial charge is 0.136 e. The van der Waals surface area contributed by atoms with Gasteiger partial charge < -0.3 is 9.84 Å². The third-order valence-electron chi connectivity index (χ3n) is 1.92. The van der Waals surface area contributed by atoms with Crippen LogP contribution in [0.25, 0.3) is 0 Å². The van der Waals surface area contributed by atoms with E-state index in [-0.39, 0.29) is 0 Å². The SMILES string of the molecule is CCCCOc1cccc(O)c1SC. The molecule has 3 heteroatoms. The van der Waals surface area contributed by atoms with Crippen molar-refractivity contribution in [2.75, 3.05) is 12.9 Å². The molecule has 0 aliphatic heterocycles. The largest absolute Gasteiger partial charge is 0.507 e. The summed E-state index contributed by atoms with van der Waals surface area (Å²) in [5, 5.41) is 9.55. The summed E-state index contributed by atoms with van der Waals surface area (Å²) in [6.07, 6.45) is 4.10. The summed E-state index contributed by atoms with van der Waals surface area (Å²) in [4.78, 5) is 0.823. The lowest BCUT2D eigenvalue weighted by molar-refractivity contribution is 0.299. The minimum atomic E-state index is 0.298. The molecule has 1 N–H and O–H groups in total. The van der Waals surface area contributed by atoms with Crippen molar-refractivity contribution < 1.29 is 9.84 Å². The van der Waals surface area contributed by atoms with Crippen molar-refractivity contribution in [3.63, 3.8) is 0 Å². The van der Waals surface area contributed by atoms with Crippen molar-refractivity contribution in [1.29, 1.82) is 0 Å². The van der Waals surface area contributed by atoms with Gasteiger partial charge in [-0.1, -0.05) is 19.4 Å². The summed E-state index contributed by atoms with van der Waals surface area (Å²) in [6, 6.07) is 5.37. The Morgan fingerprint density at radius 3 is 2.86 bits per heavy atom. The minimum absolute atomic E-state index is 0.298. The number of benzene rings is 1. The quantitative estimate of drug-likeness (QED) is 0.600. The molecule has 0 fully saturated rings. The fourth-order valence-corrected chi connectivity index (χ4v) is 1.75. The molecule has 1 aromatic carbocycles. The van der Waals surface area contributed by atoms with Crippen molar-refractivity contribution in [3.8, 4) is 11.5 Å². The molecule has 0 aromatic heterocycles. The van der Waals surface area contributed by atoms with Gasteiger partial charge in [-0.3, -0.25) is 0 Å². The van der Waals surface area contributed by atoms with Crippen LogP contribution in [0.3, 0.4) is 0 Å². The number of ether oxygens (including phenoxy) is 1. The van der Waals surface area contributed by atoms with E-state index in [1.165, 1.54) is 11.8 Å². The zero-order valence-electron chi connectivity index (χ0n) is 8.62. The van der Waals surface area contributed by atoms with E-state index < -0.39 is 0 Å². The molecule has 0 aliphatic carbocycles. The van der Waals surface area contributed by atoms with Crippen molar-refractivity contribution in [2.24, 2.45) is 0 Å². The molecular formula is C11H16O2S. The number of thioether (sulfide) groups is 1. The average molecular weight is 212 g/mol. The van der Waals surface area contributed by atoms with Crippen molar-refractivity contribution in [3.05, 3.63) is 18.2 Å². The number of unbranched alkanes of at least 4 members (excludes halogenated alkanes) is 1. The van der Waals surface area contributed by atoms with Gasteiger partial charge in [0.15, 0.2) is 0 Å². The molecule has 1 rings (SSSR count). The van der Waals surface area contributed by atoms with Gasteiger partial charge in [0.05, 0.1) is 11.5 Å². The monoisotopic (exact) mass is 212 g/mol. The van der Waals surface area contributed by atoms with Crippen LogP contribution < -0.4 is 4.74 Å². The second-order valence-electron chi connectivity index (χ2n) is 3.01. The molecule has 1 aromatic rings. The average Bonchev–Trinajstić information content (AvgIpc) is 2.18. The maximum atomic E-state index is 9.55. The summed E-state index contributed by atoms with van der Waals surface area (Å²) in [7, 11) is 0. The first-order valence-corrected chi connectivity index (χ1v) is 6.00. The lowest BCUT2D eigenvalue weighted by atomic mass is 10.3. The van der Waals surface area contributed by atoms with Crippen LogP contribution in [-0.4, -0.2) is 18.0 Å². The van der Waals surface area contributed by atoms with E-state index >= 15 is 0 Å². The predicted molar refractivity (Wildman–Crippen MR) is 60.3 cm³/mol. The van der Waals surface area contributed by atoms with E-state index in [2.05, 4.69) is 6.92 Å². The number of hydrogen-bond acceptors (Lipinski definition) is 3. The number of rotatable bonds is 5. The van der Waals surface area contributed by atoms with Gasteiger partial charge in [-0.15, -0.1) is 11.8 Å². The molecule has 0 spiro atoms. The number of hydrogen-bond donors (Lipinski definition) is 1. The maximum Gasteiger partial charge on any atom is 0.136 e. The Morgan fingerprint density at radius 2 is 2.21 bits per heavy atom. The van der Waals surface area contributed by atoms with Crippen LogP contribution in [0.5, 0.6) is 11.5 Å². The Bertz CT molecular complexity index is 287. The van der Waals surface area contributed by atoms with E-state index in [0.29, 0.717) is 12.4 Å². The lowest BCUT2D eigenvalue weighted by Gasteiger charge is -2.10. The summed E-state index contributed by atoms with van der Waals surface area (Å²) in [6.45, 7) is 2.84. The molecule has 0 radical (unpaired) electrons. The van der Waals surface area contributed by atoms with Gasteiger partial charge in [0.2, 0.25) is 0 Å². The fourth-order valence-electron chi connectivity index (χ4n) is 1.15. The van der Waals surface area contributed by atoms with Crippen LogP contribution in [0, 0.1) is 0 Å². The normalized spacial score (nSPS) is 10.1. The summed E-state index contributed by atoms with van der Waals surface area (Å²) in [5.41, 5.74) is 0. The molecule has 0 amide bonds. The molecule has 0 saturated carbocycles.